The molecule has 5 N–H and O–H groups in total. The van der Waals surface area contributed by atoms with Crippen LogP contribution in [-0.2, 0) is 6.42 Å². The van der Waals surface area contributed by atoms with Crippen LogP contribution < -0.4 is 16.6 Å². The molecule has 0 atom stereocenters. The van der Waals surface area contributed by atoms with Gasteiger partial charge in [0.1, 0.15) is 12.1 Å². The number of anilines is 2. The number of rotatable bonds is 6. The van der Waals surface area contributed by atoms with Gasteiger partial charge in [0, 0.05) is 34.7 Å². The number of hydrogen-bond donors (Lipinski definition) is 4. The molecule has 0 aliphatic heterocycles. The molecule has 0 spiro atoms. The summed E-state index contributed by atoms with van der Waals surface area (Å²) in [7, 11) is 0. The first-order valence-electron chi connectivity index (χ1n) is 9.03. The van der Waals surface area contributed by atoms with E-state index in [-0.39, 0.29) is 0 Å². The van der Waals surface area contributed by atoms with Gasteiger partial charge in [-0.15, -0.1) is 0 Å². The van der Waals surface area contributed by atoms with Gasteiger partial charge in [-0.3, -0.25) is 5.43 Å². The summed E-state index contributed by atoms with van der Waals surface area (Å²) in [4.78, 5) is 4.80. The van der Waals surface area contributed by atoms with E-state index in [4.69, 9.17) is 10.8 Å². The zero-order valence-electron chi connectivity index (χ0n) is 15.8. The number of aryl methyl sites for hydroxylation is 1. The molecular formula is C21H20N6OS. The highest BCUT2D eigenvalue weighted by atomic mass is 32.1. The zero-order valence-corrected chi connectivity index (χ0v) is 16.6. The Morgan fingerprint density at radius 2 is 2.00 bits per heavy atom. The van der Waals surface area contributed by atoms with Gasteiger partial charge in [-0.05, 0) is 24.6 Å². The van der Waals surface area contributed by atoms with Crippen LogP contribution in [0.3, 0.4) is 0 Å². The molecule has 0 radical (unpaired) electrons. The summed E-state index contributed by atoms with van der Waals surface area (Å²) >= 11 is 1.54. The molecule has 4 aromatic rings. The van der Waals surface area contributed by atoms with Crippen LogP contribution in [0, 0.1) is 6.92 Å². The van der Waals surface area contributed by atoms with Gasteiger partial charge in [0.05, 0.1) is 10.2 Å². The van der Waals surface area contributed by atoms with E-state index in [1.165, 1.54) is 17.7 Å². The summed E-state index contributed by atoms with van der Waals surface area (Å²) < 4.78 is 0.986. The molecule has 1 aromatic heterocycles. The third-order valence-corrected chi connectivity index (χ3v) is 5.65. The fourth-order valence-corrected chi connectivity index (χ4v) is 4.19. The maximum absolute atomic E-state index is 10.6. The minimum atomic E-state index is 0.317. The number of phenolic OH excluding ortho intramolecular Hbond substituents is 1. The standard InChI is InChI=1S/C21H20N6OS/c1-13-19(28)17-8-3-2-7-16(17)18-20(13)29-21(27-18)26-15-6-4-5-14(11-15)9-10-24-25-12-23-22/h2-8,10-12,28H,9,22H2,1H3,(H,23,25)(H,26,27). The summed E-state index contributed by atoms with van der Waals surface area (Å²) in [5.41, 5.74) is 6.40. The molecule has 0 bridgehead atoms. The third kappa shape index (κ3) is 3.83. The number of aromatic nitrogens is 1. The first-order valence-corrected chi connectivity index (χ1v) is 9.84. The van der Waals surface area contributed by atoms with Crippen LogP contribution in [-0.4, -0.2) is 22.6 Å². The quantitative estimate of drug-likeness (QED) is 0.166. The van der Waals surface area contributed by atoms with E-state index < -0.39 is 0 Å². The molecule has 0 fully saturated rings. The maximum Gasteiger partial charge on any atom is 0.188 e. The lowest BCUT2D eigenvalue weighted by Gasteiger charge is -2.05. The van der Waals surface area contributed by atoms with Crippen LogP contribution in [0.4, 0.5) is 10.8 Å². The molecule has 7 nitrogen and oxygen atoms in total. The molecule has 0 saturated heterocycles. The number of aromatic hydroxyl groups is 1. The first-order chi connectivity index (χ1) is 14.2. The van der Waals surface area contributed by atoms with Crippen molar-refractivity contribution < 1.29 is 5.11 Å². The van der Waals surface area contributed by atoms with E-state index in [9.17, 15) is 5.11 Å². The molecule has 0 unspecified atom stereocenters. The normalized spacial score (nSPS) is 11.8. The van der Waals surface area contributed by atoms with Gasteiger partial charge in [0.25, 0.3) is 0 Å². The summed E-state index contributed by atoms with van der Waals surface area (Å²) in [6, 6.07) is 15.9. The maximum atomic E-state index is 10.6. The van der Waals surface area contributed by atoms with E-state index in [1.807, 2.05) is 49.4 Å². The van der Waals surface area contributed by atoms with Gasteiger partial charge < -0.3 is 16.3 Å². The van der Waals surface area contributed by atoms with E-state index >= 15 is 0 Å². The minimum Gasteiger partial charge on any atom is -0.507 e. The number of thiazole rings is 1. The lowest BCUT2D eigenvalue weighted by molar-refractivity contribution is 0.478. The summed E-state index contributed by atoms with van der Waals surface area (Å²) in [5.74, 6) is 5.31. The Morgan fingerprint density at radius 1 is 1.17 bits per heavy atom. The monoisotopic (exact) mass is 404 g/mol. The summed E-state index contributed by atoms with van der Waals surface area (Å²) in [6.45, 7) is 1.93. The first kappa shape index (κ1) is 18.7. The number of nitrogens with one attached hydrogen (secondary N) is 2. The Morgan fingerprint density at radius 3 is 2.83 bits per heavy atom. The van der Waals surface area contributed by atoms with Gasteiger partial charge in [0.15, 0.2) is 5.13 Å². The Kier molecular flexibility index (Phi) is 5.26. The van der Waals surface area contributed by atoms with Crippen molar-refractivity contribution >= 4 is 55.7 Å². The number of fused-ring (bicyclic) bond motifs is 3. The number of nitrogens with zero attached hydrogens (tertiary/aromatic N) is 3. The molecule has 146 valence electrons. The van der Waals surface area contributed by atoms with Crippen LogP contribution in [0.25, 0.3) is 21.0 Å². The van der Waals surface area contributed by atoms with Crippen LogP contribution in [0.2, 0.25) is 0 Å². The molecule has 8 heteroatoms. The van der Waals surface area contributed by atoms with Crippen LogP contribution >= 0.6 is 11.3 Å². The SMILES string of the molecule is Cc1c(O)c2ccccc2c2nc(Nc3cccc(CC=NNC=NN)c3)sc12. The third-order valence-electron chi connectivity index (χ3n) is 4.56. The van der Waals surface area contributed by atoms with Crippen LogP contribution in [0.5, 0.6) is 5.75 Å². The number of nitrogens with two attached hydrogens (primary N) is 1. The molecule has 29 heavy (non-hydrogen) atoms. The largest absolute Gasteiger partial charge is 0.507 e. The van der Waals surface area contributed by atoms with E-state index in [2.05, 4.69) is 27.0 Å². The number of phenols is 1. The topological polar surface area (TPSA) is 108 Å². The van der Waals surface area contributed by atoms with Crippen molar-refractivity contribution in [3.05, 3.63) is 59.7 Å². The lowest BCUT2D eigenvalue weighted by Crippen LogP contribution is -2.04. The van der Waals surface area contributed by atoms with E-state index in [0.717, 1.165) is 42.9 Å². The lowest BCUT2D eigenvalue weighted by atomic mass is 10.0. The predicted octanol–water partition coefficient (Wildman–Crippen LogP) is 4.23. The van der Waals surface area contributed by atoms with Gasteiger partial charge in [-0.2, -0.15) is 10.2 Å². The second-order valence-corrected chi connectivity index (χ2v) is 7.46. The Balaban J connectivity index is 1.62. The Hall–Kier alpha value is -3.65. The molecular weight excluding hydrogens is 384 g/mol. The molecule has 3 aromatic carbocycles. The molecule has 1 heterocycles. The minimum absolute atomic E-state index is 0.317. The summed E-state index contributed by atoms with van der Waals surface area (Å²) in [5, 5.41) is 23.8. The molecule has 0 aliphatic carbocycles. The zero-order chi connectivity index (χ0) is 20.2. The highest BCUT2D eigenvalue weighted by Crippen LogP contribution is 2.41. The second kappa shape index (κ2) is 8.15. The molecule has 0 aliphatic rings. The average molecular weight is 404 g/mol. The van der Waals surface area contributed by atoms with E-state index in [0.29, 0.717) is 12.2 Å². The highest BCUT2D eigenvalue weighted by molar-refractivity contribution is 7.22. The second-order valence-electron chi connectivity index (χ2n) is 6.46. The fourth-order valence-electron chi connectivity index (χ4n) is 3.19. The number of benzene rings is 3. The van der Waals surface area contributed by atoms with Gasteiger partial charge in [-0.1, -0.05) is 47.7 Å². The highest BCUT2D eigenvalue weighted by Gasteiger charge is 2.15. The summed E-state index contributed by atoms with van der Waals surface area (Å²) in [6.07, 6.45) is 3.72. The van der Waals surface area contributed by atoms with E-state index in [1.54, 1.807) is 6.21 Å². The van der Waals surface area contributed by atoms with Crippen molar-refractivity contribution in [3.8, 4) is 5.75 Å². The van der Waals surface area contributed by atoms with Crippen molar-refractivity contribution in [2.45, 2.75) is 13.3 Å². The predicted molar refractivity (Wildman–Crippen MR) is 121 cm³/mol. The average Bonchev–Trinajstić information content (AvgIpc) is 3.16. The van der Waals surface area contributed by atoms with Crippen molar-refractivity contribution in [1.29, 1.82) is 0 Å². The van der Waals surface area contributed by atoms with Crippen molar-refractivity contribution in [2.75, 3.05) is 5.32 Å². The van der Waals surface area contributed by atoms with Crippen molar-refractivity contribution in [2.24, 2.45) is 16.0 Å². The van der Waals surface area contributed by atoms with Crippen molar-refractivity contribution in [1.82, 2.24) is 10.4 Å². The smallest absolute Gasteiger partial charge is 0.188 e. The van der Waals surface area contributed by atoms with Gasteiger partial charge >= 0.3 is 0 Å². The number of hydrogen-bond acceptors (Lipinski definition) is 7. The Bertz CT molecular complexity index is 1230. The fraction of sp³-hybridized carbons (Fsp3) is 0.0952. The Labute approximate surface area is 171 Å². The number of hydrazone groups is 2. The van der Waals surface area contributed by atoms with Crippen LogP contribution in [0.1, 0.15) is 11.1 Å². The van der Waals surface area contributed by atoms with Gasteiger partial charge in [-0.25, -0.2) is 4.98 Å². The molecule has 4 rings (SSSR count). The molecule has 0 saturated carbocycles. The van der Waals surface area contributed by atoms with Gasteiger partial charge in [0.2, 0.25) is 0 Å². The van der Waals surface area contributed by atoms with Crippen molar-refractivity contribution in [3.63, 3.8) is 0 Å². The van der Waals surface area contributed by atoms with Crippen LogP contribution in [0.15, 0.2) is 58.7 Å². The molecule has 0 amide bonds.